The Balaban J connectivity index is 2.46. The highest BCUT2D eigenvalue weighted by Crippen LogP contribution is 2.29. The van der Waals surface area contributed by atoms with Crippen LogP contribution in [0, 0.1) is 11.3 Å². The SMILES string of the molecule is N#Cc1ccc(Cl)cc1Nc1cccc(C(N)=O)c1N. The Labute approximate surface area is 120 Å². The predicted octanol–water partition coefficient (Wildman–Crippen LogP) is 2.64. The van der Waals surface area contributed by atoms with Gasteiger partial charge in [-0.15, -0.1) is 0 Å². The summed E-state index contributed by atoms with van der Waals surface area (Å²) in [5, 5.41) is 12.5. The number of halogens is 1. The van der Waals surface area contributed by atoms with Crippen LogP contribution in [-0.4, -0.2) is 5.91 Å². The van der Waals surface area contributed by atoms with E-state index in [1.807, 2.05) is 6.07 Å². The summed E-state index contributed by atoms with van der Waals surface area (Å²) in [5.41, 5.74) is 13.0. The molecule has 0 aliphatic heterocycles. The van der Waals surface area contributed by atoms with Gasteiger partial charge >= 0.3 is 0 Å². The molecule has 0 aliphatic carbocycles. The Morgan fingerprint density at radius 1 is 1.25 bits per heavy atom. The quantitative estimate of drug-likeness (QED) is 0.754. The van der Waals surface area contributed by atoms with Crippen LogP contribution >= 0.6 is 11.6 Å². The molecular weight excluding hydrogens is 276 g/mol. The monoisotopic (exact) mass is 286 g/mol. The van der Waals surface area contributed by atoms with E-state index in [9.17, 15) is 4.79 Å². The van der Waals surface area contributed by atoms with Crippen LogP contribution in [0.1, 0.15) is 15.9 Å². The molecular formula is C14H11ClN4O. The zero-order valence-electron chi connectivity index (χ0n) is 10.4. The van der Waals surface area contributed by atoms with E-state index < -0.39 is 5.91 Å². The molecule has 6 heteroatoms. The van der Waals surface area contributed by atoms with Gasteiger partial charge < -0.3 is 16.8 Å². The van der Waals surface area contributed by atoms with Gasteiger partial charge in [-0.05, 0) is 30.3 Å². The van der Waals surface area contributed by atoms with Crippen molar-refractivity contribution in [3.8, 4) is 6.07 Å². The number of nitrogens with zero attached hydrogens (tertiary/aromatic N) is 1. The van der Waals surface area contributed by atoms with Gasteiger partial charge in [0.25, 0.3) is 5.91 Å². The summed E-state index contributed by atoms with van der Waals surface area (Å²) in [4.78, 5) is 11.2. The first-order valence-electron chi connectivity index (χ1n) is 5.68. The van der Waals surface area contributed by atoms with Crippen LogP contribution in [0.4, 0.5) is 17.1 Å². The van der Waals surface area contributed by atoms with Crippen molar-refractivity contribution < 1.29 is 4.79 Å². The number of amides is 1. The molecule has 2 aromatic rings. The summed E-state index contributed by atoms with van der Waals surface area (Å²) >= 11 is 5.91. The van der Waals surface area contributed by atoms with E-state index in [4.69, 9.17) is 28.3 Å². The Morgan fingerprint density at radius 3 is 2.65 bits per heavy atom. The molecule has 5 nitrogen and oxygen atoms in total. The number of carbonyl (C=O) groups excluding carboxylic acids is 1. The lowest BCUT2D eigenvalue weighted by molar-refractivity contribution is 0.100. The molecule has 0 atom stereocenters. The van der Waals surface area contributed by atoms with Gasteiger partial charge in [0.1, 0.15) is 6.07 Å². The number of primary amides is 1. The Morgan fingerprint density at radius 2 is 2.00 bits per heavy atom. The van der Waals surface area contributed by atoms with Crippen molar-refractivity contribution >= 4 is 34.6 Å². The van der Waals surface area contributed by atoms with Crippen LogP contribution in [0.3, 0.4) is 0 Å². The second-order valence-corrected chi connectivity index (χ2v) is 4.49. The van der Waals surface area contributed by atoms with Crippen LogP contribution < -0.4 is 16.8 Å². The second kappa shape index (κ2) is 5.51. The molecule has 0 saturated heterocycles. The van der Waals surface area contributed by atoms with E-state index in [0.29, 0.717) is 22.0 Å². The molecule has 100 valence electrons. The van der Waals surface area contributed by atoms with Crippen molar-refractivity contribution in [2.24, 2.45) is 5.73 Å². The van der Waals surface area contributed by atoms with Crippen LogP contribution in [-0.2, 0) is 0 Å². The number of hydrogen-bond acceptors (Lipinski definition) is 4. The molecule has 0 heterocycles. The van der Waals surface area contributed by atoms with Crippen molar-refractivity contribution in [1.29, 1.82) is 5.26 Å². The number of rotatable bonds is 3. The van der Waals surface area contributed by atoms with E-state index in [1.165, 1.54) is 6.07 Å². The van der Waals surface area contributed by atoms with Crippen LogP contribution in [0.15, 0.2) is 36.4 Å². The largest absolute Gasteiger partial charge is 0.396 e. The Bertz CT molecular complexity index is 722. The van der Waals surface area contributed by atoms with Crippen LogP contribution in [0.5, 0.6) is 0 Å². The summed E-state index contributed by atoms with van der Waals surface area (Å²) in [5.74, 6) is -0.613. The maximum absolute atomic E-state index is 11.2. The highest BCUT2D eigenvalue weighted by molar-refractivity contribution is 6.31. The predicted molar refractivity (Wildman–Crippen MR) is 78.8 cm³/mol. The minimum absolute atomic E-state index is 0.218. The number of benzene rings is 2. The zero-order valence-corrected chi connectivity index (χ0v) is 11.1. The summed E-state index contributed by atoms with van der Waals surface area (Å²) in [7, 11) is 0. The zero-order chi connectivity index (χ0) is 14.7. The van der Waals surface area contributed by atoms with Gasteiger partial charge in [0, 0.05) is 5.02 Å². The van der Waals surface area contributed by atoms with Gasteiger partial charge in [-0.1, -0.05) is 17.7 Å². The van der Waals surface area contributed by atoms with Gasteiger partial charge in [-0.3, -0.25) is 4.79 Å². The third kappa shape index (κ3) is 2.66. The molecule has 0 bridgehead atoms. The number of anilines is 3. The highest BCUT2D eigenvalue weighted by Gasteiger charge is 2.11. The highest BCUT2D eigenvalue weighted by atomic mass is 35.5. The van der Waals surface area contributed by atoms with Crippen molar-refractivity contribution in [3.05, 3.63) is 52.5 Å². The summed E-state index contributed by atoms with van der Waals surface area (Å²) in [6.45, 7) is 0. The lowest BCUT2D eigenvalue weighted by Crippen LogP contribution is -2.14. The first-order valence-corrected chi connectivity index (χ1v) is 6.05. The van der Waals surface area contributed by atoms with E-state index in [0.717, 1.165) is 0 Å². The smallest absolute Gasteiger partial charge is 0.250 e. The molecule has 2 rings (SSSR count). The second-order valence-electron chi connectivity index (χ2n) is 4.06. The van der Waals surface area contributed by atoms with Gasteiger partial charge in [0.15, 0.2) is 0 Å². The van der Waals surface area contributed by atoms with Crippen LogP contribution in [0.2, 0.25) is 5.02 Å². The minimum atomic E-state index is -0.613. The Kier molecular flexibility index (Phi) is 3.78. The molecule has 2 aromatic carbocycles. The summed E-state index contributed by atoms with van der Waals surface area (Å²) in [6.07, 6.45) is 0. The van der Waals surface area contributed by atoms with E-state index in [1.54, 1.807) is 30.3 Å². The Hall–Kier alpha value is -2.71. The third-order valence-corrected chi connectivity index (χ3v) is 2.98. The molecule has 5 N–H and O–H groups in total. The van der Waals surface area contributed by atoms with Crippen molar-refractivity contribution in [1.82, 2.24) is 0 Å². The first kappa shape index (κ1) is 13.7. The van der Waals surface area contributed by atoms with E-state index >= 15 is 0 Å². The number of nitrogens with one attached hydrogen (secondary N) is 1. The van der Waals surface area contributed by atoms with Gasteiger partial charge in [-0.25, -0.2) is 0 Å². The standard InChI is InChI=1S/C14H11ClN4O/c15-9-5-4-8(7-16)12(6-9)19-11-3-1-2-10(13(11)17)14(18)20/h1-6,19H,17H2,(H2,18,20). The molecule has 0 radical (unpaired) electrons. The number of para-hydroxylation sites is 1. The van der Waals surface area contributed by atoms with Gasteiger partial charge in [-0.2, -0.15) is 5.26 Å². The number of hydrogen-bond donors (Lipinski definition) is 3. The van der Waals surface area contributed by atoms with Crippen LogP contribution in [0.25, 0.3) is 0 Å². The fraction of sp³-hybridized carbons (Fsp3) is 0. The van der Waals surface area contributed by atoms with Gasteiger partial charge in [0.05, 0.1) is 28.2 Å². The van der Waals surface area contributed by atoms with Crippen molar-refractivity contribution in [3.63, 3.8) is 0 Å². The first-order chi connectivity index (χ1) is 9.52. The fourth-order valence-electron chi connectivity index (χ4n) is 1.75. The lowest BCUT2D eigenvalue weighted by atomic mass is 10.1. The average molecular weight is 287 g/mol. The molecule has 20 heavy (non-hydrogen) atoms. The number of nitriles is 1. The van der Waals surface area contributed by atoms with E-state index in [-0.39, 0.29) is 11.3 Å². The molecule has 0 spiro atoms. The van der Waals surface area contributed by atoms with Crippen molar-refractivity contribution in [2.75, 3.05) is 11.1 Å². The number of nitrogen functional groups attached to an aromatic ring is 1. The minimum Gasteiger partial charge on any atom is -0.396 e. The molecule has 1 amide bonds. The maximum Gasteiger partial charge on any atom is 0.250 e. The van der Waals surface area contributed by atoms with Crippen molar-refractivity contribution in [2.45, 2.75) is 0 Å². The maximum atomic E-state index is 11.2. The number of carbonyl (C=O) groups is 1. The summed E-state index contributed by atoms with van der Waals surface area (Å²) in [6, 6.07) is 11.7. The van der Waals surface area contributed by atoms with E-state index in [2.05, 4.69) is 5.32 Å². The topological polar surface area (TPSA) is 105 Å². The average Bonchev–Trinajstić information content (AvgIpc) is 2.41. The van der Waals surface area contributed by atoms with Gasteiger partial charge in [0.2, 0.25) is 0 Å². The normalized spacial score (nSPS) is 9.80. The molecule has 0 aliphatic rings. The number of nitrogens with two attached hydrogens (primary N) is 2. The third-order valence-electron chi connectivity index (χ3n) is 2.74. The lowest BCUT2D eigenvalue weighted by Gasteiger charge is -2.12. The fourth-order valence-corrected chi connectivity index (χ4v) is 1.92. The molecule has 0 unspecified atom stereocenters. The molecule has 0 aromatic heterocycles. The summed E-state index contributed by atoms with van der Waals surface area (Å²) < 4.78 is 0. The molecule has 0 saturated carbocycles. The molecule has 0 fully saturated rings.